The molecule has 120 valence electrons. The molecule has 0 saturated heterocycles. The van der Waals surface area contributed by atoms with Gasteiger partial charge in [0.2, 0.25) is 0 Å². The first kappa shape index (κ1) is 14.7. The second-order valence-corrected chi connectivity index (χ2v) is 6.34. The first-order chi connectivity index (χ1) is 11.5. The number of rotatable bonds is 3. The van der Waals surface area contributed by atoms with E-state index in [-0.39, 0.29) is 11.8 Å². The van der Waals surface area contributed by atoms with E-state index < -0.39 is 11.6 Å². The lowest BCUT2D eigenvalue weighted by molar-refractivity contribution is -0.138. The van der Waals surface area contributed by atoms with Gasteiger partial charge in [-0.05, 0) is 42.0 Å². The minimum atomic E-state index is -0.768. The smallest absolute Gasteiger partial charge is 0.336 e. The lowest BCUT2D eigenvalue weighted by Crippen LogP contribution is -2.01. The maximum absolute atomic E-state index is 12.0. The highest BCUT2D eigenvalue weighted by atomic mass is 16.4. The number of carboxylic acids is 1. The van der Waals surface area contributed by atoms with Crippen LogP contribution in [0.2, 0.25) is 0 Å². The van der Waals surface area contributed by atoms with Crippen molar-refractivity contribution < 1.29 is 14.3 Å². The summed E-state index contributed by atoms with van der Waals surface area (Å²) in [5, 5.41) is 9.95. The fourth-order valence-corrected chi connectivity index (χ4v) is 3.34. The number of carboxylic acid groups (broad SMARTS) is 1. The van der Waals surface area contributed by atoms with Crippen LogP contribution in [0.15, 0.2) is 57.7 Å². The summed E-state index contributed by atoms with van der Waals surface area (Å²) in [5.41, 5.74) is 3.95. The molecule has 3 aromatic rings. The van der Waals surface area contributed by atoms with Crippen LogP contribution >= 0.6 is 0 Å². The Balaban J connectivity index is 1.87. The van der Waals surface area contributed by atoms with Crippen molar-refractivity contribution in [2.45, 2.75) is 19.3 Å². The molecule has 2 atom stereocenters. The first-order valence-corrected chi connectivity index (χ1v) is 7.91. The Kier molecular flexibility index (Phi) is 3.27. The third-order valence-electron chi connectivity index (χ3n) is 4.74. The van der Waals surface area contributed by atoms with Crippen LogP contribution in [0.5, 0.6) is 0 Å². The Morgan fingerprint density at radius 3 is 2.62 bits per heavy atom. The van der Waals surface area contributed by atoms with Gasteiger partial charge in [-0.2, -0.15) is 0 Å². The molecule has 4 heteroatoms. The molecule has 1 aromatic heterocycles. The van der Waals surface area contributed by atoms with Crippen molar-refractivity contribution in [3.63, 3.8) is 0 Å². The number of hydrogen-bond donors (Lipinski definition) is 1. The maximum atomic E-state index is 12.0. The quantitative estimate of drug-likeness (QED) is 0.742. The minimum absolute atomic E-state index is 0.0133. The number of aryl methyl sites for hydroxylation is 1. The molecule has 0 unspecified atom stereocenters. The van der Waals surface area contributed by atoms with E-state index in [2.05, 4.69) is 0 Å². The first-order valence-electron chi connectivity index (χ1n) is 7.91. The van der Waals surface area contributed by atoms with Crippen LogP contribution in [0.3, 0.4) is 0 Å². The molecule has 1 fully saturated rings. The van der Waals surface area contributed by atoms with Crippen molar-refractivity contribution in [1.82, 2.24) is 0 Å². The van der Waals surface area contributed by atoms with Crippen LogP contribution in [0, 0.1) is 12.8 Å². The van der Waals surface area contributed by atoms with Crippen molar-refractivity contribution in [2.75, 3.05) is 0 Å². The molecule has 1 saturated carbocycles. The third kappa shape index (κ3) is 2.40. The van der Waals surface area contributed by atoms with Gasteiger partial charge in [0, 0.05) is 17.0 Å². The van der Waals surface area contributed by atoms with Crippen molar-refractivity contribution in [3.05, 3.63) is 70.1 Å². The van der Waals surface area contributed by atoms with Crippen LogP contribution in [0.1, 0.15) is 23.5 Å². The fourth-order valence-electron chi connectivity index (χ4n) is 3.34. The van der Waals surface area contributed by atoms with Gasteiger partial charge < -0.3 is 9.52 Å². The second-order valence-electron chi connectivity index (χ2n) is 6.34. The average Bonchev–Trinajstić information content (AvgIpc) is 3.35. The summed E-state index contributed by atoms with van der Waals surface area (Å²) in [5.74, 6) is -1.08. The highest BCUT2D eigenvalue weighted by molar-refractivity contribution is 5.94. The van der Waals surface area contributed by atoms with Crippen molar-refractivity contribution in [3.8, 4) is 11.1 Å². The van der Waals surface area contributed by atoms with Crippen molar-refractivity contribution >= 4 is 16.9 Å². The molecule has 0 spiro atoms. The zero-order chi connectivity index (χ0) is 16.8. The summed E-state index contributed by atoms with van der Waals surface area (Å²) < 4.78 is 5.38. The maximum Gasteiger partial charge on any atom is 0.336 e. The van der Waals surface area contributed by atoms with Crippen LogP contribution in [0.25, 0.3) is 22.1 Å². The average molecular weight is 320 g/mol. The lowest BCUT2D eigenvalue weighted by Gasteiger charge is -2.09. The highest BCUT2D eigenvalue weighted by Crippen LogP contribution is 2.48. The predicted molar refractivity (Wildman–Crippen MR) is 91.1 cm³/mol. The SMILES string of the molecule is Cc1ccccc1-c1cc(=O)oc2cc([C@H]3C[C@H]3C(=O)O)ccc12. The van der Waals surface area contributed by atoms with Crippen LogP contribution in [-0.4, -0.2) is 11.1 Å². The topological polar surface area (TPSA) is 67.5 Å². The Morgan fingerprint density at radius 2 is 1.92 bits per heavy atom. The molecular weight excluding hydrogens is 304 g/mol. The second kappa shape index (κ2) is 5.34. The fraction of sp³-hybridized carbons (Fsp3) is 0.200. The summed E-state index contributed by atoms with van der Waals surface area (Å²) in [4.78, 5) is 23.1. The van der Waals surface area contributed by atoms with Gasteiger partial charge in [0.15, 0.2) is 0 Å². The number of hydrogen-bond acceptors (Lipinski definition) is 3. The standard InChI is InChI=1S/C20H16O4/c1-11-4-2-3-5-13(11)16-10-19(21)24-18-8-12(6-7-14(16)18)15-9-17(15)20(22)23/h2-8,10,15,17H,9H2,1H3,(H,22,23)/t15-,17-/m1/s1. The summed E-state index contributed by atoms with van der Waals surface area (Å²) in [6.45, 7) is 2.01. The largest absolute Gasteiger partial charge is 0.481 e. The Morgan fingerprint density at radius 1 is 1.12 bits per heavy atom. The molecule has 0 radical (unpaired) electrons. The van der Waals surface area contributed by atoms with Gasteiger partial charge in [0.05, 0.1) is 5.92 Å². The van der Waals surface area contributed by atoms with E-state index in [0.29, 0.717) is 12.0 Å². The molecule has 1 aliphatic carbocycles. The molecule has 2 aromatic carbocycles. The van der Waals surface area contributed by atoms with Crippen LogP contribution in [-0.2, 0) is 4.79 Å². The van der Waals surface area contributed by atoms with Crippen molar-refractivity contribution in [1.29, 1.82) is 0 Å². The summed E-state index contributed by atoms with van der Waals surface area (Å²) in [6, 6.07) is 15.1. The third-order valence-corrected chi connectivity index (χ3v) is 4.74. The molecule has 0 bridgehead atoms. The van der Waals surface area contributed by atoms with E-state index in [9.17, 15) is 9.59 Å². The Labute approximate surface area is 138 Å². The van der Waals surface area contributed by atoms with E-state index in [4.69, 9.17) is 9.52 Å². The van der Waals surface area contributed by atoms with Gasteiger partial charge in [-0.15, -0.1) is 0 Å². The molecule has 4 nitrogen and oxygen atoms in total. The van der Waals surface area contributed by atoms with Gasteiger partial charge in [0.25, 0.3) is 0 Å². The van der Waals surface area contributed by atoms with Gasteiger partial charge in [0.1, 0.15) is 5.58 Å². The summed E-state index contributed by atoms with van der Waals surface area (Å²) in [6.07, 6.45) is 0.641. The molecule has 0 amide bonds. The number of fused-ring (bicyclic) bond motifs is 1. The van der Waals surface area contributed by atoms with Crippen LogP contribution in [0.4, 0.5) is 0 Å². The monoisotopic (exact) mass is 320 g/mol. The number of benzene rings is 2. The number of carbonyl (C=O) groups is 1. The van der Waals surface area contributed by atoms with E-state index in [1.807, 2.05) is 49.4 Å². The van der Waals surface area contributed by atoms with E-state index in [1.54, 1.807) is 0 Å². The van der Waals surface area contributed by atoms with E-state index >= 15 is 0 Å². The Bertz CT molecular complexity index is 1020. The number of aliphatic carboxylic acids is 1. The van der Waals surface area contributed by atoms with E-state index in [1.165, 1.54) is 6.07 Å². The Hall–Kier alpha value is -2.88. The van der Waals surface area contributed by atoms with E-state index in [0.717, 1.165) is 27.6 Å². The van der Waals surface area contributed by atoms with Gasteiger partial charge in [-0.1, -0.05) is 36.4 Å². The van der Waals surface area contributed by atoms with Gasteiger partial charge in [-0.3, -0.25) is 4.79 Å². The summed E-state index contributed by atoms with van der Waals surface area (Å²) in [7, 11) is 0. The summed E-state index contributed by atoms with van der Waals surface area (Å²) >= 11 is 0. The van der Waals surface area contributed by atoms with Crippen molar-refractivity contribution in [2.24, 2.45) is 5.92 Å². The molecule has 0 aliphatic heterocycles. The molecule has 4 rings (SSSR count). The lowest BCUT2D eigenvalue weighted by atomic mass is 9.96. The highest BCUT2D eigenvalue weighted by Gasteiger charge is 2.44. The zero-order valence-electron chi connectivity index (χ0n) is 13.2. The normalized spacial score (nSPS) is 19.4. The zero-order valence-corrected chi connectivity index (χ0v) is 13.2. The van der Waals surface area contributed by atoms with Crippen LogP contribution < -0.4 is 5.63 Å². The molecule has 24 heavy (non-hydrogen) atoms. The predicted octanol–water partition coefficient (Wildman–Crippen LogP) is 3.96. The molecular formula is C20H16O4. The van der Waals surface area contributed by atoms with Gasteiger partial charge >= 0.3 is 11.6 Å². The molecule has 1 N–H and O–H groups in total. The molecule has 1 aliphatic rings. The van der Waals surface area contributed by atoms with Gasteiger partial charge in [-0.25, -0.2) is 4.79 Å². The minimum Gasteiger partial charge on any atom is -0.481 e. The molecule has 1 heterocycles.